The number of fused-ring (bicyclic) bond motifs is 3. The maximum absolute atomic E-state index is 12.1. The van der Waals surface area contributed by atoms with E-state index in [0.29, 0.717) is 5.56 Å². The minimum atomic E-state index is -0.582. The van der Waals surface area contributed by atoms with Gasteiger partial charge in [-0.05, 0) is 34.4 Å². The number of aromatic hydroxyl groups is 3. The smallest absolute Gasteiger partial charge is 0.407 e. The van der Waals surface area contributed by atoms with Crippen molar-refractivity contribution in [3.05, 3.63) is 83.4 Å². The van der Waals surface area contributed by atoms with Crippen molar-refractivity contribution in [1.82, 2.24) is 5.32 Å². The molecule has 3 aromatic rings. The Morgan fingerprint density at radius 1 is 0.900 bits per heavy atom. The first-order valence-corrected chi connectivity index (χ1v) is 9.55. The van der Waals surface area contributed by atoms with E-state index < -0.39 is 23.3 Å². The van der Waals surface area contributed by atoms with Gasteiger partial charge in [-0.15, -0.1) is 0 Å². The van der Waals surface area contributed by atoms with Crippen molar-refractivity contribution < 1.29 is 24.9 Å². The highest BCUT2D eigenvalue weighted by atomic mass is 16.5. The van der Waals surface area contributed by atoms with E-state index in [0.717, 1.165) is 11.1 Å². The van der Waals surface area contributed by atoms with Crippen LogP contribution in [0, 0.1) is 0 Å². The molecule has 4 rings (SSSR count). The van der Waals surface area contributed by atoms with Crippen molar-refractivity contribution in [2.45, 2.75) is 5.92 Å². The summed E-state index contributed by atoms with van der Waals surface area (Å²) in [6.07, 6.45) is 2.59. The molecule has 1 amide bonds. The summed E-state index contributed by atoms with van der Waals surface area (Å²) in [5.41, 5.74) is 4.95. The van der Waals surface area contributed by atoms with Crippen molar-refractivity contribution in [2.75, 3.05) is 13.2 Å². The van der Waals surface area contributed by atoms with Crippen LogP contribution in [0.2, 0.25) is 0 Å². The Kier molecular flexibility index (Phi) is 5.30. The van der Waals surface area contributed by atoms with Crippen LogP contribution in [-0.4, -0.2) is 34.6 Å². The number of carbonyl (C=O) groups excluding carboxylic acids is 1. The molecular formula is C24H21NO5. The van der Waals surface area contributed by atoms with Gasteiger partial charge in [-0.25, -0.2) is 4.79 Å². The molecule has 30 heavy (non-hydrogen) atoms. The van der Waals surface area contributed by atoms with Crippen LogP contribution in [0.3, 0.4) is 0 Å². The maximum Gasteiger partial charge on any atom is 0.407 e. The molecule has 0 atom stereocenters. The third kappa shape index (κ3) is 3.67. The highest BCUT2D eigenvalue weighted by molar-refractivity contribution is 5.79. The Balaban J connectivity index is 1.34. The van der Waals surface area contributed by atoms with Crippen LogP contribution in [0.1, 0.15) is 22.6 Å². The van der Waals surface area contributed by atoms with Gasteiger partial charge < -0.3 is 25.4 Å². The number of ether oxygens (including phenoxy) is 1. The summed E-state index contributed by atoms with van der Waals surface area (Å²) in [5, 5.41) is 31.3. The van der Waals surface area contributed by atoms with Crippen LogP contribution in [0.5, 0.6) is 17.2 Å². The van der Waals surface area contributed by atoms with E-state index >= 15 is 0 Å². The molecule has 3 aromatic carbocycles. The van der Waals surface area contributed by atoms with Gasteiger partial charge >= 0.3 is 6.09 Å². The SMILES string of the molecule is O=C(NCC=Cc1ccc(O)c(O)c1O)OCC1c2ccccc2-c2ccccc21. The molecule has 6 nitrogen and oxygen atoms in total. The van der Waals surface area contributed by atoms with E-state index in [9.17, 15) is 20.1 Å². The van der Waals surface area contributed by atoms with Crippen molar-refractivity contribution in [3.8, 4) is 28.4 Å². The Bertz CT molecular complexity index is 1080. The summed E-state index contributed by atoms with van der Waals surface area (Å²) >= 11 is 0. The van der Waals surface area contributed by atoms with Gasteiger partial charge in [-0.2, -0.15) is 0 Å². The molecule has 1 aliphatic rings. The second-order valence-corrected chi connectivity index (χ2v) is 6.98. The summed E-state index contributed by atoms with van der Waals surface area (Å²) in [6.45, 7) is 0.411. The minimum Gasteiger partial charge on any atom is -0.504 e. The van der Waals surface area contributed by atoms with Gasteiger partial charge in [0.2, 0.25) is 5.75 Å². The monoisotopic (exact) mass is 403 g/mol. The molecule has 0 bridgehead atoms. The quantitative estimate of drug-likeness (QED) is 0.475. The third-order valence-electron chi connectivity index (χ3n) is 5.17. The zero-order valence-electron chi connectivity index (χ0n) is 16.1. The van der Waals surface area contributed by atoms with E-state index in [4.69, 9.17) is 4.74 Å². The summed E-state index contributed by atoms with van der Waals surface area (Å²) in [7, 11) is 0. The minimum absolute atomic E-state index is 0.00406. The molecular weight excluding hydrogens is 382 g/mol. The van der Waals surface area contributed by atoms with Gasteiger partial charge in [0.05, 0.1) is 0 Å². The molecule has 1 aliphatic carbocycles. The van der Waals surface area contributed by atoms with Crippen LogP contribution in [-0.2, 0) is 4.74 Å². The fourth-order valence-corrected chi connectivity index (χ4v) is 3.70. The molecule has 152 valence electrons. The molecule has 0 aliphatic heterocycles. The summed E-state index contributed by atoms with van der Waals surface area (Å²) in [4.78, 5) is 12.1. The predicted molar refractivity (Wildman–Crippen MR) is 114 cm³/mol. The molecule has 0 aromatic heterocycles. The zero-order valence-corrected chi connectivity index (χ0v) is 16.1. The van der Waals surface area contributed by atoms with Gasteiger partial charge in [-0.1, -0.05) is 60.7 Å². The van der Waals surface area contributed by atoms with E-state index in [2.05, 4.69) is 29.6 Å². The number of amides is 1. The van der Waals surface area contributed by atoms with Crippen LogP contribution in [0.25, 0.3) is 17.2 Å². The normalized spacial score (nSPS) is 12.5. The number of carbonyl (C=O) groups is 1. The number of alkyl carbamates (subject to hydrolysis) is 1. The number of phenolic OH excluding ortho intramolecular Hbond substituents is 3. The lowest BCUT2D eigenvalue weighted by molar-refractivity contribution is 0.144. The predicted octanol–water partition coefficient (Wildman–Crippen LogP) is 4.36. The molecule has 0 fully saturated rings. The maximum atomic E-state index is 12.1. The molecule has 0 saturated heterocycles. The highest BCUT2D eigenvalue weighted by Gasteiger charge is 2.28. The first kappa shape index (κ1) is 19.4. The second-order valence-electron chi connectivity index (χ2n) is 6.98. The van der Waals surface area contributed by atoms with Crippen molar-refractivity contribution in [3.63, 3.8) is 0 Å². The number of hydrogen-bond acceptors (Lipinski definition) is 5. The van der Waals surface area contributed by atoms with Crippen molar-refractivity contribution in [1.29, 1.82) is 0 Å². The Morgan fingerprint density at radius 2 is 1.53 bits per heavy atom. The fraction of sp³-hybridized carbons (Fsp3) is 0.125. The standard InChI is InChI=1S/C24H21NO5/c26-21-12-11-15(22(27)23(21)28)6-5-13-25-24(29)30-14-20-18-9-3-1-7-16(18)17-8-2-4-10-19(17)20/h1-12,20,26-28H,13-14H2,(H,25,29). The van der Waals surface area contributed by atoms with Gasteiger partial charge in [0.25, 0.3) is 0 Å². The Labute approximate surface area is 173 Å². The third-order valence-corrected chi connectivity index (χ3v) is 5.17. The van der Waals surface area contributed by atoms with Gasteiger partial charge in [-0.3, -0.25) is 0 Å². The largest absolute Gasteiger partial charge is 0.504 e. The second kappa shape index (κ2) is 8.21. The lowest BCUT2D eigenvalue weighted by atomic mass is 9.98. The molecule has 0 radical (unpaired) electrons. The van der Waals surface area contributed by atoms with Crippen molar-refractivity contribution >= 4 is 12.2 Å². The first-order chi connectivity index (χ1) is 14.6. The molecule has 4 N–H and O–H groups in total. The molecule has 6 heteroatoms. The van der Waals surface area contributed by atoms with Crippen molar-refractivity contribution in [2.24, 2.45) is 0 Å². The summed E-state index contributed by atoms with van der Waals surface area (Å²) in [6, 6.07) is 19.0. The van der Waals surface area contributed by atoms with Crippen LogP contribution in [0.15, 0.2) is 66.7 Å². The summed E-state index contributed by atoms with van der Waals surface area (Å²) in [5.74, 6) is -1.41. The van der Waals surface area contributed by atoms with Gasteiger partial charge in [0.15, 0.2) is 11.5 Å². The van der Waals surface area contributed by atoms with Crippen LogP contribution < -0.4 is 5.32 Å². The first-order valence-electron chi connectivity index (χ1n) is 9.55. The van der Waals surface area contributed by atoms with E-state index in [1.165, 1.54) is 29.3 Å². The van der Waals surface area contributed by atoms with E-state index in [1.807, 2.05) is 24.3 Å². The molecule has 0 saturated carbocycles. The lowest BCUT2D eigenvalue weighted by Crippen LogP contribution is -2.26. The average Bonchev–Trinajstić information content (AvgIpc) is 3.09. The van der Waals surface area contributed by atoms with Crippen LogP contribution in [0.4, 0.5) is 4.79 Å². The number of hydrogen-bond donors (Lipinski definition) is 4. The molecule has 0 heterocycles. The molecule has 0 unspecified atom stereocenters. The fourth-order valence-electron chi connectivity index (χ4n) is 3.70. The topological polar surface area (TPSA) is 99.0 Å². The van der Waals surface area contributed by atoms with Gasteiger partial charge in [0, 0.05) is 18.0 Å². The number of benzene rings is 3. The number of rotatable bonds is 5. The summed E-state index contributed by atoms with van der Waals surface area (Å²) < 4.78 is 5.44. The van der Waals surface area contributed by atoms with Crippen LogP contribution >= 0.6 is 0 Å². The number of nitrogens with one attached hydrogen (secondary N) is 1. The Hall–Kier alpha value is -3.93. The highest BCUT2D eigenvalue weighted by Crippen LogP contribution is 2.44. The Morgan fingerprint density at radius 3 is 2.20 bits per heavy atom. The van der Waals surface area contributed by atoms with Gasteiger partial charge in [0.1, 0.15) is 6.61 Å². The van der Waals surface area contributed by atoms with E-state index in [1.54, 1.807) is 6.08 Å². The lowest BCUT2D eigenvalue weighted by Gasteiger charge is -2.14. The molecule has 0 spiro atoms. The average molecular weight is 403 g/mol. The zero-order chi connectivity index (χ0) is 21.1. The number of phenols is 3. The van der Waals surface area contributed by atoms with E-state index in [-0.39, 0.29) is 19.1 Å².